The van der Waals surface area contributed by atoms with Crippen molar-refractivity contribution in [1.82, 2.24) is 0 Å². The number of benzene rings is 3. The maximum Gasteiger partial charge on any atom is 0.314 e. The molecule has 0 radical (unpaired) electrons. The van der Waals surface area contributed by atoms with Crippen molar-refractivity contribution >= 4 is 47.4 Å². The first-order chi connectivity index (χ1) is 27.2. The van der Waals surface area contributed by atoms with Gasteiger partial charge in [-0.2, -0.15) is 10.5 Å². The molecule has 12 heteroatoms. The van der Waals surface area contributed by atoms with Crippen LogP contribution >= 0.6 is 23.5 Å². The summed E-state index contributed by atoms with van der Waals surface area (Å²) < 4.78 is 23.5. The summed E-state index contributed by atoms with van der Waals surface area (Å²) in [5.41, 5.74) is 2.27. The van der Waals surface area contributed by atoms with E-state index in [1.54, 1.807) is 12.1 Å². The Bertz CT molecular complexity index is 1910. The molecule has 2 saturated carbocycles. The molecule has 0 bridgehead atoms. The van der Waals surface area contributed by atoms with E-state index >= 15 is 0 Å². The molecule has 56 heavy (non-hydrogen) atoms. The van der Waals surface area contributed by atoms with E-state index in [-0.39, 0.29) is 40.8 Å². The van der Waals surface area contributed by atoms with Crippen LogP contribution in [0.1, 0.15) is 89.2 Å². The van der Waals surface area contributed by atoms with Crippen LogP contribution in [0.25, 0.3) is 0 Å². The maximum atomic E-state index is 13.4. The number of hydrogen-bond acceptors (Lipinski definition) is 12. The average molecular weight is 793 g/mol. The molecule has 0 N–H and O–H groups in total. The summed E-state index contributed by atoms with van der Waals surface area (Å²) in [7, 11) is 0. The van der Waals surface area contributed by atoms with Crippen LogP contribution in [0.4, 0.5) is 0 Å². The van der Waals surface area contributed by atoms with Gasteiger partial charge in [-0.15, -0.1) is 0 Å². The Balaban J connectivity index is 1.05. The molecule has 0 unspecified atom stereocenters. The zero-order valence-corrected chi connectivity index (χ0v) is 33.2. The number of esters is 4. The third-order valence-corrected chi connectivity index (χ3v) is 13.1. The number of nitriles is 2. The summed E-state index contributed by atoms with van der Waals surface area (Å²) in [4.78, 5) is 53.6. The Labute approximate surface area is 335 Å². The van der Waals surface area contributed by atoms with Crippen LogP contribution in [0.3, 0.4) is 0 Å². The fourth-order valence-electron chi connectivity index (χ4n) is 7.24. The van der Waals surface area contributed by atoms with Gasteiger partial charge < -0.3 is 18.9 Å². The fourth-order valence-corrected chi connectivity index (χ4v) is 9.72. The van der Waals surface area contributed by atoms with Gasteiger partial charge in [-0.25, -0.2) is 0 Å². The van der Waals surface area contributed by atoms with Crippen LogP contribution in [0.2, 0.25) is 0 Å². The summed E-state index contributed by atoms with van der Waals surface area (Å²) >= 11 is 2.24. The standard InChI is InChI=1S/C44H44N2O8S2/c1-3-5-27-7-19-34(20-8-27)51-40(47)29-11-15-31(16-12-29)42(49)53-36-23-24-37(39-38(36)55-44(56-39)33(25-45)26-46)54-43(50)32-17-13-30(14-18-32)41(48)52-35-21-9-28(6-4-2)10-22-35/h7-10,19-24,29-32H,3-6,11-18H2,1-2H3. The van der Waals surface area contributed by atoms with Gasteiger partial charge in [0.25, 0.3) is 0 Å². The topological polar surface area (TPSA) is 153 Å². The molecular weight excluding hydrogens is 749 g/mol. The first kappa shape index (κ1) is 40.6. The highest BCUT2D eigenvalue weighted by atomic mass is 32.2. The van der Waals surface area contributed by atoms with Gasteiger partial charge in [0.2, 0.25) is 0 Å². The van der Waals surface area contributed by atoms with Crippen molar-refractivity contribution in [3.8, 4) is 35.1 Å². The van der Waals surface area contributed by atoms with Crippen LogP contribution in [0, 0.1) is 46.3 Å². The van der Waals surface area contributed by atoms with Gasteiger partial charge in [0.05, 0.1) is 37.7 Å². The molecule has 3 aromatic rings. The first-order valence-electron chi connectivity index (χ1n) is 19.3. The van der Waals surface area contributed by atoms with Gasteiger partial charge >= 0.3 is 23.9 Å². The zero-order chi connectivity index (χ0) is 39.6. The molecule has 0 spiro atoms. The first-order valence-corrected chi connectivity index (χ1v) is 20.9. The number of hydrogen-bond donors (Lipinski definition) is 0. The minimum absolute atomic E-state index is 0.102. The van der Waals surface area contributed by atoms with E-state index in [4.69, 9.17) is 18.9 Å². The molecule has 3 aliphatic rings. The number of ether oxygens (including phenoxy) is 4. The summed E-state index contributed by atoms with van der Waals surface area (Å²) in [5.74, 6) is -1.50. The molecule has 0 atom stereocenters. The second-order valence-corrected chi connectivity index (χ2v) is 16.7. The monoisotopic (exact) mass is 792 g/mol. The zero-order valence-electron chi connectivity index (χ0n) is 31.5. The lowest BCUT2D eigenvalue weighted by atomic mass is 9.82. The second kappa shape index (κ2) is 19.2. The lowest BCUT2D eigenvalue weighted by Crippen LogP contribution is -2.30. The number of fused-ring (bicyclic) bond motifs is 1. The second-order valence-electron chi connectivity index (χ2n) is 14.4. The van der Waals surface area contributed by atoms with Crippen LogP contribution < -0.4 is 18.9 Å². The Hall–Kier alpha value is -5.04. The molecule has 3 aromatic carbocycles. The summed E-state index contributed by atoms with van der Waals surface area (Å²) in [6, 6.07) is 22.0. The minimum atomic E-state index is -0.442. The van der Waals surface area contributed by atoms with Crippen molar-refractivity contribution in [2.24, 2.45) is 23.7 Å². The van der Waals surface area contributed by atoms with Gasteiger partial charge in [-0.1, -0.05) is 74.5 Å². The van der Waals surface area contributed by atoms with Gasteiger partial charge in [-0.3, -0.25) is 19.2 Å². The van der Waals surface area contributed by atoms with Gasteiger partial charge in [0.15, 0.2) is 0 Å². The summed E-state index contributed by atoms with van der Waals surface area (Å²) in [6.45, 7) is 4.22. The molecule has 290 valence electrons. The number of carbonyl (C=O) groups is 4. The molecule has 1 aliphatic heterocycles. The van der Waals surface area contributed by atoms with E-state index in [9.17, 15) is 29.7 Å². The Morgan fingerprint density at radius 3 is 1.16 bits per heavy atom. The summed E-state index contributed by atoms with van der Waals surface area (Å²) in [5, 5.41) is 19.2. The third kappa shape index (κ3) is 10.0. The highest BCUT2D eigenvalue weighted by molar-refractivity contribution is 8.24. The molecule has 0 saturated heterocycles. The number of nitrogens with zero attached hydrogens (tertiary/aromatic N) is 2. The van der Waals surface area contributed by atoms with Crippen molar-refractivity contribution in [3.63, 3.8) is 0 Å². The van der Waals surface area contributed by atoms with E-state index < -0.39 is 23.8 Å². The Morgan fingerprint density at radius 1 is 0.536 bits per heavy atom. The van der Waals surface area contributed by atoms with Crippen molar-refractivity contribution in [3.05, 3.63) is 81.6 Å². The van der Waals surface area contributed by atoms with Gasteiger partial charge in [-0.05, 0) is 112 Å². The molecule has 0 amide bonds. The predicted molar refractivity (Wildman–Crippen MR) is 211 cm³/mol. The molecule has 1 heterocycles. The normalized spacial score (nSPS) is 20.1. The average Bonchev–Trinajstić information content (AvgIpc) is 3.67. The quantitative estimate of drug-likeness (QED) is 0.0975. The van der Waals surface area contributed by atoms with Crippen molar-refractivity contribution in [2.75, 3.05) is 0 Å². The predicted octanol–water partition coefficient (Wildman–Crippen LogP) is 9.68. The third-order valence-electron chi connectivity index (χ3n) is 10.4. The Kier molecular flexibility index (Phi) is 13.9. The van der Waals surface area contributed by atoms with Crippen LogP contribution in [-0.2, 0) is 32.0 Å². The maximum absolute atomic E-state index is 13.4. The van der Waals surface area contributed by atoms with Crippen molar-refractivity contribution in [2.45, 2.75) is 101 Å². The van der Waals surface area contributed by atoms with E-state index in [2.05, 4.69) is 13.8 Å². The van der Waals surface area contributed by atoms with Crippen LogP contribution in [-0.4, -0.2) is 23.9 Å². The highest BCUT2D eigenvalue weighted by Crippen LogP contribution is 2.59. The lowest BCUT2D eigenvalue weighted by molar-refractivity contribution is -0.145. The number of allylic oxidation sites excluding steroid dienone is 1. The smallest absolute Gasteiger partial charge is 0.314 e. The molecule has 2 aliphatic carbocycles. The number of aryl methyl sites for hydroxylation is 2. The van der Waals surface area contributed by atoms with E-state index in [1.807, 2.05) is 60.7 Å². The largest absolute Gasteiger partial charge is 0.426 e. The van der Waals surface area contributed by atoms with Gasteiger partial charge in [0, 0.05) is 0 Å². The number of carbonyl (C=O) groups excluding carboxylic acids is 4. The molecular formula is C44H44N2O8S2. The van der Waals surface area contributed by atoms with Crippen molar-refractivity contribution < 1.29 is 38.1 Å². The Morgan fingerprint density at radius 2 is 0.857 bits per heavy atom. The van der Waals surface area contributed by atoms with E-state index in [1.165, 1.54) is 11.1 Å². The van der Waals surface area contributed by atoms with E-state index in [0.717, 1.165) is 49.2 Å². The fraction of sp³-hybridized carbons (Fsp3) is 0.409. The highest BCUT2D eigenvalue weighted by Gasteiger charge is 2.36. The molecule has 6 rings (SSSR count). The number of thioether (sulfide) groups is 2. The van der Waals surface area contributed by atoms with Crippen molar-refractivity contribution in [1.29, 1.82) is 10.5 Å². The number of rotatable bonds is 12. The van der Waals surface area contributed by atoms with Gasteiger partial charge in [0.1, 0.15) is 40.7 Å². The molecule has 2 fully saturated rings. The minimum Gasteiger partial charge on any atom is -0.426 e. The van der Waals surface area contributed by atoms with E-state index in [0.29, 0.717) is 76.9 Å². The summed E-state index contributed by atoms with van der Waals surface area (Å²) in [6.07, 6.45) is 7.77. The molecule has 10 nitrogen and oxygen atoms in total. The van der Waals surface area contributed by atoms with Crippen LogP contribution in [0.5, 0.6) is 23.0 Å². The SMILES string of the molecule is CCCc1ccc(OC(=O)C2CCC(C(=O)Oc3ccc(OC(=O)C4CCC(C(=O)Oc5ccc(CCC)cc5)CC4)c4c3SC(=C(C#N)C#N)S4)CC2)cc1. The molecule has 0 aromatic heterocycles. The van der Waals surface area contributed by atoms with Crippen LogP contribution in [0.15, 0.2) is 80.3 Å². The lowest BCUT2D eigenvalue weighted by Gasteiger charge is -2.26.